The summed E-state index contributed by atoms with van der Waals surface area (Å²) in [5.41, 5.74) is 1.31. The van der Waals surface area contributed by atoms with E-state index >= 15 is 0 Å². The number of benzene rings is 1. The molecule has 0 aliphatic heterocycles. The summed E-state index contributed by atoms with van der Waals surface area (Å²) in [7, 11) is 0. The Labute approximate surface area is 149 Å². The minimum absolute atomic E-state index is 0.124. The van der Waals surface area contributed by atoms with Gasteiger partial charge in [0.1, 0.15) is 27.1 Å². The number of aryl methyl sites for hydroxylation is 2. The van der Waals surface area contributed by atoms with Crippen LogP contribution < -0.4 is 5.32 Å². The summed E-state index contributed by atoms with van der Waals surface area (Å²) in [6, 6.07) is 6.92. The molecule has 0 spiro atoms. The van der Waals surface area contributed by atoms with Gasteiger partial charge in [-0.25, -0.2) is 14.8 Å². The van der Waals surface area contributed by atoms with E-state index < -0.39 is 0 Å². The van der Waals surface area contributed by atoms with Gasteiger partial charge < -0.3 is 15.2 Å². The first-order valence-corrected chi connectivity index (χ1v) is 8.72. The molecule has 0 saturated carbocycles. The van der Waals surface area contributed by atoms with Crippen LogP contribution in [0.1, 0.15) is 34.9 Å². The van der Waals surface area contributed by atoms with Crippen molar-refractivity contribution in [3.63, 3.8) is 0 Å². The van der Waals surface area contributed by atoms with Gasteiger partial charge in [0.15, 0.2) is 0 Å². The number of phenolic OH excluding ortho intramolecular Hbond substituents is 1. The number of carbonyl (C=O) groups is 1. The summed E-state index contributed by atoms with van der Waals surface area (Å²) >= 11 is 1.29. The van der Waals surface area contributed by atoms with Gasteiger partial charge in [-0.3, -0.25) is 0 Å². The molecule has 0 fully saturated rings. The van der Waals surface area contributed by atoms with E-state index in [1.807, 2.05) is 26.8 Å². The highest BCUT2D eigenvalue weighted by atomic mass is 32.1. The molecule has 2 N–H and O–H groups in total. The number of para-hydroxylation sites is 2. The van der Waals surface area contributed by atoms with Crippen molar-refractivity contribution in [2.24, 2.45) is 0 Å². The van der Waals surface area contributed by atoms with E-state index in [1.54, 1.807) is 25.1 Å². The van der Waals surface area contributed by atoms with Gasteiger partial charge in [0.05, 0.1) is 17.2 Å². The van der Waals surface area contributed by atoms with Crippen LogP contribution in [0.4, 0.5) is 11.5 Å². The molecule has 0 radical (unpaired) electrons. The molecule has 0 bridgehead atoms. The van der Waals surface area contributed by atoms with E-state index in [-0.39, 0.29) is 17.8 Å². The third-order valence-corrected chi connectivity index (χ3v) is 4.75. The maximum atomic E-state index is 12.3. The Balaban J connectivity index is 2.11. The molecule has 25 heavy (non-hydrogen) atoms. The molecular formula is C18H19N3O3S. The quantitative estimate of drug-likeness (QED) is 0.534. The Bertz CT molecular complexity index is 950. The van der Waals surface area contributed by atoms with Crippen molar-refractivity contribution in [1.82, 2.24) is 9.97 Å². The first-order chi connectivity index (χ1) is 11.9. The van der Waals surface area contributed by atoms with E-state index in [0.29, 0.717) is 27.0 Å². The van der Waals surface area contributed by atoms with Crippen LogP contribution in [-0.2, 0) is 4.74 Å². The van der Waals surface area contributed by atoms with Gasteiger partial charge in [0.25, 0.3) is 0 Å². The van der Waals surface area contributed by atoms with Gasteiger partial charge in [0, 0.05) is 0 Å². The van der Waals surface area contributed by atoms with Crippen LogP contribution in [0, 0.1) is 13.8 Å². The van der Waals surface area contributed by atoms with Crippen LogP contribution in [0.2, 0.25) is 0 Å². The maximum Gasteiger partial charge on any atom is 0.348 e. The fraction of sp³-hybridized carbons (Fsp3) is 0.278. The number of hydrogen-bond acceptors (Lipinski definition) is 7. The summed E-state index contributed by atoms with van der Waals surface area (Å²) < 4.78 is 5.32. The van der Waals surface area contributed by atoms with E-state index in [0.717, 1.165) is 10.9 Å². The Kier molecular flexibility index (Phi) is 4.59. The summed E-state index contributed by atoms with van der Waals surface area (Å²) in [5.74, 6) is 0.901. The van der Waals surface area contributed by atoms with Crippen LogP contribution in [0.25, 0.3) is 10.2 Å². The number of aromatic hydroxyl groups is 1. The molecule has 2 heterocycles. The van der Waals surface area contributed by atoms with Crippen LogP contribution >= 0.6 is 11.3 Å². The first-order valence-electron chi connectivity index (χ1n) is 7.90. The second kappa shape index (κ2) is 6.68. The summed E-state index contributed by atoms with van der Waals surface area (Å²) in [6.07, 6.45) is -0.191. The Morgan fingerprint density at radius 2 is 1.96 bits per heavy atom. The normalized spacial score (nSPS) is 11.1. The van der Waals surface area contributed by atoms with Gasteiger partial charge in [-0.15, -0.1) is 11.3 Å². The zero-order chi connectivity index (χ0) is 18.1. The molecule has 0 saturated heterocycles. The number of thiophene rings is 1. The van der Waals surface area contributed by atoms with Crippen molar-refractivity contribution in [3.8, 4) is 5.75 Å². The van der Waals surface area contributed by atoms with Crippen molar-refractivity contribution < 1.29 is 14.6 Å². The second-order valence-electron chi connectivity index (χ2n) is 5.95. The van der Waals surface area contributed by atoms with Crippen LogP contribution in [-0.4, -0.2) is 27.1 Å². The number of aromatic nitrogens is 2. The SMILES string of the molecule is Cc1nc(Nc2ccccc2O)c2c(C)c(C(=O)OC(C)C)sc2n1. The largest absolute Gasteiger partial charge is 0.506 e. The van der Waals surface area contributed by atoms with E-state index in [1.165, 1.54) is 11.3 Å². The molecule has 1 aromatic carbocycles. The molecule has 2 aromatic heterocycles. The van der Waals surface area contributed by atoms with Crippen molar-refractivity contribution in [1.29, 1.82) is 0 Å². The number of phenols is 1. The smallest absolute Gasteiger partial charge is 0.348 e. The molecule has 3 rings (SSSR count). The van der Waals surface area contributed by atoms with Gasteiger partial charge in [-0.1, -0.05) is 12.1 Å². The number of anilines is 2. The zero-order valence-corrected chi connectivity index (χ0v) is 15.3. The molecule has 130 valence electrons. The lowest BCUT2D eigenvalue weighted by molar-refractivity contribution is 0.0383. The lowest BCUT2D eigenvalue weighted by Crippen LogP contribution is -2.11. The number of rotatable bonds is 4. The monoisotopic (exact) mass is 357 g/mol. The van der Waals surface area contributed by atoms with Crippen molar-refractivity contribution >= 4 is 39.0 Å². The maximum absolute atomic E-state index is 12.3. The van der Waals surface area contributed by atoms with Gasteiger partial charge in [-0.05, 0) is 45.4 Å². The summed E-state index contributed by atoms with van der Waals surface area (Å²) in [4.78, 5) is 22.5. The van der Waals surface area contributed by atoms with Gasteiger partial charge >= 0.3 is 5.97 Å². The predicted octanol–water partition coefficient (Wildman–Crippen LogP) is 4.32. The lowest BCUT2D eigenvalue weighted by atomic mass is 10.2. The van der Waals surface area contributed by atoms with E-state index in [9.17, 15) is 9.90 Å². The standard InChI is InChI=1S/C18H19N3O3S/c1-9(2)24-18(23)15-10(3)14-16(19-11(4)20-17(14)25-15)21-12-7-5-6-8-13(12)22/h5-9,22H,1-4H3,(H,19,20,21). The highest BCUT2D eigenvalue weighted by Gasteiger charge is 2.22. The molecule has 6 nitrogen and oxygen atoms in total. The van der Waals surface area contributed by atoms with E-state index in [4.69, 9.17) is 4.74 Å². The van der Waals surface area contributed by atoms with Crippen LogP contribution in [0.15, 0.2) is 24.3 Å². The third-order valence-electron chi connectivity index (χ3n) is 3.59. The molecule has 0 unspecified atom stereocenters. The summed E-state index contributed by atoms with van der Waals surface area (Å²) in [6.45, 7) is 7.27. The van der Waals surface area contributed by atoms with E-state index in [2.05, 4.69) is 15.3 Å². The molecule has 0 amide bonds. The molecule has 3 aromatic rings. The molecule has 0 aliphatic rings. The number of nitrogens with zero attached hydrogens (tertiary/aromatic N) is 2. The minimum Gasteiger partial charge on any atom is -0.506 e. The lowest BCUT2D eigenvalue weighted by Gasteiger charge is -2.10. The topological polar surface area (TPSA) is 84.3 Å². The number of esters is 1. The average Bonchev–Trinajstić information content (AvgIpc) is 2.86. The Morgan fingerprint density at radius 3 is 2.64 bits per heavy atom. The number of nitrogens with one attached hydrogen (secondary N) is 1. The summed E-state index contributed by atoms with van der Waals surface area (Å²) in [5, 5.41) is 13.9. The minimum atomic E-state index is -0.360. The number of fused-ring (bicyclic) bond motifs is 1. The number of hydrogen-bond donors (Lipinski definition) is 2. The number of carbonyl (C=O) groups excluding carboxylic acids is 1. The third kappa shape index (κ3) is 3.41. The molecule has 0 atom stereocenters. The molecule has 0 aliphatic carbocycles. The fourth-order valence-electron chi connectivity index (χ4n) is 2.51. The highest BCUT2D eigenvalue weighted by molar-refractivity contribution is 7.20. The zero-order valence-electron chi connectivity index (χ0n) is 14.5. The fourth-order valence-corrected chi connectivity index (χ4v) is 3.61. The van der Waals surface area contributed by atoms with Crippen molar-refractivity contribution in [2.75, 3.05) is 5.32 Å². The Hall–Kier alpha value is -2.67. The Morgan fingerprint density at radius 1 is 1.24 bits per heavy atom. The van der Waals surface area contributed by atoms with Gasteiger partial charge in [0.2, 0.25) is 0 Å². The first kappa shape index (κ1) is 17.2. The van der Waals surface area contributed by atoms with Crippen LogP contribution in [0.3, 0.4) is 0 Å². The van der Waals surface area contributed by atoms with Crippen molar-refractivity contribution in [3.05, 3.63) is 40.5 Å². The van der Waals surface area contributed by atoms with Crippen molar-refractivity contribution in [2.45, 2.75) is 33.8 Å². The highest BCUT2D eigenvalue weighted by Crippen LogP contribution is 2.36. The predicted molar refractivity (Wildman–Crippen MR) is 98.8 cm³/mol. The molecular weight excluding hydrogens is 338 g/mol. The average molecular weight is 357 g/mol. The van der Waals surface area contributed by atoms with Gasteiger partial charge in [-0.2, -0.15) is 0 Å². The molecule has 7 heteroatoms. The second-order valence-corrected chi connectivity index (χ2v) is 6.95. The number of ether oxygens (including phenoxy) is 1. The van der Waals surface area contributed by atoms with Crippen LogP contribution in [0.5, 0.6) is 5.75 Å².